The molecule has 1 heterocycles. The highest BCUT2D eigenvalue weighted by Crippen LogP contribution is 2.26. The van der Waals surface area contributed by atoms with E-state index in [1.54, 1.807) is 36.4 Å². The lowest BCUT2D eigenvalue weighted by molar-refractivity contribution is 0.0858. The fourth-order valence-corrected chi connectivity index (χ4v) is 5.17. The quantitative estimate of drug-likeness (QED) is 0.702. The van der Waals surface area contributed by atoms with Gasteiger partial charge in [-0.3, -0.25) is 9.52 Å². The van der Waals surface area contributed by atoms with Gasteiger partial charge < -0.3 is 10.1 Å². The molecule has 1 unspecified atom stereocenters. The number of rotatable bonds is 6. The number of nitrogens with one attached hydrogen (secondary N) is 2. The van der Waals surface area contributed by atoms with Crippen LogP contribution in [0.4, 0.5) is 5.69 Å². The summed E-state index contributed by atoms with van der Waals surface area (Å²) in [5.74, 6) is -0.341. The average Bonchev–Trinajstić information content (AvgIpc) is 3.13. The maximum absolute atomic E-state index is 12.8. The van der Waals surface area contributed by atoms with E-state index in [1.165, 1.54) is 6.07 Å². The molecule has 1 atom stereocenters. The van der Waals surface area contributed by atoms with E-state index in [1.807, 2.05) is 6.92 Å². The van der Waals surface area contributed by atoms with Crippen LogP contribution in [0.3, 0.4) is 0 Å². The number of benzene rings is 2. The third-order valence-corrected chi connectivity index (χ3v) is 6.65. The fraction of sp³-hybridized carbons (Fsp3) is 0.316. The number of aryl methyl sites for hydroxylation is 1. The number of amides is 1. The SMILES string of the molecule is Cc1ccc(S(=O)(=O)Nc2ccccc2C(=O)NCC2CCCO2)c(Br)c1. The third-order valence-electron chi connectivity index (χ3n) is 4.31. The second-order valence-electron chi connectivity index (χ2n) is 6.43. The number of carbonyl (C=O) groups is 1. The van der Waals surface area contributed by atoms with E-state index in [-0.39, 0.29) is 28.2 Å². The molecule has 0 aliphatic carbocycles. The molecule has 27 heavy (non-hydrogen) atoms. The standard InChI is InChI=1S/C19H21BrN2O4S/c1-13-8-9-18(16(20)11-13)27(24,25)22-17-7-3-2-6-15(17)19(23)21-12-14-5-4-10-26-14/h2-3,6-9,11,14,22H,4-5,10,12H2,1H3,(H,21,23). The topological polar surface area (TPSA) is 84.5 Å². The number of para-hydroxylation sites is 1. The Balaban J connectivity index is 1.79. The Bertz CT molecular complexity index is 940. The van der Waals surface area contributed by atoms with E-state index in [2.05, 4.69) is 26.0 Å². The molecule has 144 valence electrons. The first-order valence-corrected chi connectivity index (χ1v) is 10.9. The predicted octanol–water partition coefficient (Wildman–Crippen LogP) is 3.47. The average molecular weight is 453 g/mol. The first-order valence-electron chi connectivity index (χ1n) is 8.64. The molecule has 2 aromatic carbocycles. The molecule has 0 saturated carbocycles. The molecular weight excluding hydrogens is 432 g/mol. The van der Waals surface area contributed by atoms with Crippen LogP contribution in [0, 0.1) is 6.92 Å². The zero-order valence-corrected chi connectivity index (χ0v) is 17.3. The second-order valence-corrected chi connectivity index (χ2v) is 8.94. The minimum Gasteiger partial charge on any atom is -0.376 e. The van der Waals surface area contributed by atoms with E-state index < -0.39 is 10.0 Å². The van der Waals surface area contributed by atoms with Crippen molar-refractivity contribution in [3.63, 3.8) is 0 Å². The fourth-order valence-electron chi connectivity index (χ4n) is 2.90. The number of halogens is 1. The van der Waals surface area contributed by atoms with Gasteiger partial charge in [0.2, 0.25) is 0 Å². The molecule has 2 aromatic rings. The summed E-state index contributed by atoms with van der Waals surface area (Å²) in [6.45, 7) is 2.99. The molecule has 0 bridgehead atoms. The molecule has 1 saturated heterocycles. The van der Waals surface area contributed by atoms with Gasteiger partial charge in [0.1, 0.15) is 4.90 Å². The summed E-state index contributed by atoms with van der Waals surface area (Å²) in [5.41, 5.74) is 1.44. The van der Waals surface area contributed by atoms with Gasteiger partial charge in [0.25, 0.3) is 15.9 Å². The largest absolute Gasteiger partial charge is 0.376 e. The Morgan fingerprint density at radius 2 is 2.04 bits per heavy atom. The van der Waals surface area contributed by atoms with Crippen LogP contribution in [0.2, 0.25) is 0 Å². The number of hydrogen-bond acceptors (Lipinski definition) is 4. The van der Waals surface area contributed by atoms with Gasteiger partial charge in [0.05, 0.1) is 17.4 Å². The van der Waals surface area contributed by atoms with Crippen molar-refractivity contribution in [2.45, 2.75) is 30.8 Å². The molecule has 1 aliphatic rings. The lowest BCUT2D eigenvalue weighted by atomic mass is 10.1. The number of ether oxygens (including phenoxy) is 1. The van der Waals surface area contributed by atoms with Gasteiger partial charge in [-0.25, -0.2) is 8.42 Å². The molecule has 2 N–H and O–H groups in total. The Hall–Kier alpha value is -1.90. The highest BCUT2D eigenvalue weighted by molar-refractivity contribution is 9.10. The lowest BCUT2D eigenvalue weighted by Crippen LogP contribution is -2.32. The van der Waals surface area contributed by atoms with Crippen LogP contribution in [-0.2, 0) is 14.8 Å². The molecule has 1 amide bonds. The van der Waals surface area contributed by atoms with Crippen LogP contribution in [0.1, 0.15) is 28.8 Å². The highest BCUT2D eigenvalue weighted by atomic mass is 79.9. The van der Waals surface area contributed by atoms with E-state index in [0.717, 1.165) is 18.4 Å². The van der Waals surface area contributed by atoms with E-state index >= 15 is 0 Å². The summed E-state index contributed by atoms with van der Waals surface area (Å²) in [5, 5.41) is 2.82. The van der Waals surface area contributed by atoms with Gasteiger partial charge in [0.15, 0.2) is 0 Å². The maximum atomic E-state index is 12.8. The Morgan fingerprint density at radius 1 is 1.26 bits per heavy atom. The van der Waals surface area contributed by atoms with Crippen molar-refractivity contribution in [1.29, 1.82) is 0 Å². The molecule has 0 aromatic heterocycles. The van der Waals surface area contributed by atoms with Crippen molar-refractivity contribution in [1.82, 2.24) is 5.32 Å². The van der Waals surface area contributed by atoms with Crippen LogP contribution in [0.15, 0.2) is 51.8 Å². The number of anilines is 1. The Morgan fingerprint density at radius 3 is 2.74 bits per heavy atom. The normalized spacial score (nSPS) is 16.9. The van der Waals surface area contributed by atoms with Gasteiger partial charge in [-0.2, -0.15) is 0 Å². The van der Waals surface area contributed by atoms with Gasteiger partial charge in [-0.05, 0) is 65.5 Å². The molecule has 1 fully saturated rings. The zero-order chi connectivity index (χ0) is 19.4. The van der Waals surface area contributed by atoms with Crippen LogP contribution >= 0.6 is 15.9 Å². The van der Waals surface area contributed by atoms with Crippen molar-refractivity contribution < 1.29 is 17.9 Å². The minimum absolute atomic E-state index is 0.0151. The van der Waals surface area contributed by atoms with Crippen LogP contribution in [0.5, 0.6) is 0 Å². The predicted molar refractivity (Wildman–Crippen MR) is 107 cm³/mol. The summed E-state index contributed by atoms with van der Waals surface area (Å²) < 4.78 is 34.1. The number of carbonyl (C=O) groups excluding carboxylic acids is 1. The molecule has 0 spiro atoms. The van der Waals surface area contributed by atoms with Crippen LogP contribution in [0.25, 0.3) is 0 Å². The maximum Gasteiger partial charge on any atom is 0.263 e. The van der Waals surface area contributed by atoms with E-state index in [0.29, 0.717) is 17.6 Å². The Labute approximate surface area is 167 Å². The van der Waals surface area contributed by atoms with E-state index in [9.17, 15) is 13.2 Å². The second kappa shape index (κ2) is 8.41. The van der Waals surface area contributed by atoms with Crippen molar-refractivity contribution in [3.8, 4) is 0 Å². The molecule has 6 nitrogen and oxygen atoms in total. The smallest absolute Gasteiger partial charge is 0.263 e. The first-order chi connectivity index (χ1) is 12.9. The summed E-state index contributed by atoms with van der Waals surface area (Å²) in [7, 11) is -3.85. The third kappa shape index (κ3) is 4.88. The van der Waals surface area contributed by atoms with Crippen molar-refractivity contribution >= 4 is 37.5 Å². The number of hydrogen-bond donors (Lipinski definition) is 2. The summed E-state index contributed by atoms with van der Waals surface area (Å²) in [6, 6.07) is 11.5. The van der Waals surface area contributed by atoms with Crippen molar-refractivity contribution in [2.75, 3.05) is 17.9 Å². The summed E-state index contributed by atoms with van der Waals surface area (Å²) in [6.07, 6.45) is 1.92. The summed E-state index contributed by atoms with van der Waals surface area (Å²) in [4.78, 5) is 12.7. The molecule has 8 heteroatoms. The van der Waals surface area contributed by atoms with Crippen LogP contribution in [-0.4, -0.2) is 33.6 Å². The Kier molecular flexibility index (Phi) is 6.18. The number of sulfonamides is 1. The highest BCUT2D eigenvalue weighted by Gasteiger charge is 2.22. The monoisotopic (exact) mass is 452 g/mol. The lowest BCUT2D eigenvalue weighted by Gasteiger charge is -2.15. The van der Waals surface area contributed by atoms with Crippen LogP contribution < -0.4 is 10.0 Å². The van der Waals surface area contributed by atoms with Gasteiger partial charge in [-0.15, -0.1) is 0 Å². The molecule has 3 rings (SSSR count). The van der Waals surface area contributed by atoms with E-state index in [4.69, 9.17) is 4.74 Å². The molecule has 0 radical (unpaired) electrons. The molecular formula is C19H21BrN2O4S. The zero-order valence-electron chi connectivity index (χ0n) is 14.9. The molecule has 1 aliphatic heterocycles. The van der Waals surface area contributed by atoms with Gasteiger partial charge in [-0.1, -0.05) is 18.2 Å². The summed E-state index contributed by atoms with van der Waals surface area (Å²) >= 11 is 3.29. The van der Waals surface area contributed by atoms with Gasteiger partial charge in [0, 0.05) is 17.6 Å². The van der Waals surface area contributed by atoms with Crippen molar-refractivity contribution in [2.24, 2.45) is 0 Å². The van der Waals surface area contributed by atoms with Crippen molar-refractivity contribution in [3.05, 3.63) is 58.1 Å². The minimum atomic E-state index is -3.85. The first kappa shape index (κ1) is 19.9. The van der Waals surface area contributed by atoms with Gasteiger partial charge >= 0.3 is 0 Å².